The van der Waals surface area contributed by atoms with E-state index in [0.29, 0.717) is 6.42 Å². The van der Waals surface area contributed by atoms with Crippen LogP contribution in [-0.4, -0.2) is 11.8 Å². The highest BCUT2D eigenvalue weighted by Crippen LogP contribution is 2.41. The molecule has 5 nitrogen and oxygen atoms in total. The molecule has 0 fully saturated rings. The molecule has 1 atom stereocenters. The summed E-state index contributed by atoms with van der Waals surface area (Å²) in [5.41, 5.74) is 11.7. The van der Waals surface area contributed by atoms with Gasteiger partial charge in [0.15, 0.2) is 11.5 Å². The second-order valence-electron chi connectivity index (χ2n) is 3.49. The van der Waals surface area contributed by atoms with E-state index in [1.54, 1.807) is 0 Å². The molecule has 2 rings (SSSR count). The lowest BCUT2D eigenvalue weighted by molar-refractivity contribution is 0.0950. The van der Waals surface area contributed by atoms with Crippen LogP contribution in [0.4, 0.5) is 0 Å². The van der Waals surface area contributed by atoms with Gasteiger partial charge in [0.1, 0.15) is 0 Å². The van der Waals surface area contributed by atoms with Gasteiger partial charge in [0, 0.05) is 11.1 Å². The van der Waals surface area contributed by atoms with E-state index in [-0.39, 0.29) is 17.4 Å². The van der Waals surface area contributed by atoms with Gasteiger partial charge in [-0.15, -0.1) is 0 Å². The fourth-order valence-corrected chi connectivity index (χ4v) is 1.86. The number of amides is 2. The van der Waals surface area contributed by atoms with Crippen molar-refractivity contribution in [2.75, 3.05) is 0 Å². The summed E-state index contributed by atoms with van der Waals surface area (Å²) in [5.74, 6) is -0.940. The minimum Gasteiger partial charge on any atom is -0.445 e. The van der Waals surface area contributed by atoms with E-state index in [4.69, 9.17) is 15.9 Å². The Morgan fingerprint density at radius 3 is 2.21 bits per heavy atom. The zero-order valence-corrected chi connectivity index (χ0v) is 7.66. The molecular weight excluding hydrogens is 184 g/mol. The summed E-state index contributed by atoms with van der Waals surface area (Å²) in [7, 11) is 0. The van der Waals surface area contributed by atoms with Crippen molar-refractivity contribution in [1.29, 1.82) is 0 Å². The van der Waals surface area contributed by atoms with Crippen molar-refractivity contribution in [2.24, 2.45) is 11.5 Å². The molecule has 1 aromatic heterocycles. The summed E-state index contributed by atoms with van der Waals surface area (Å²) >= 11 is 0. The number of fused-ring (bicyclic) bond motifs is 1. The number of furan rings is 1. The minimum atomic E-state index is -0.652. The van der Waals surface area contributed by atoms with Crippen molar-refractivity contribution in [1.82, 2.24) is 0 Å². The van der Waals surface area contributed by atoms with Gasteiger partial charge in [0.25, 0.3) is 11.8 Å². The van der Waals surface area contributed by atoms with E-state index in [2.05, 4.69) is 0 Å². The molecule has 1 heterocycles. The number of nitrogens with two attached hydrogens (primary N) is 2. The van der Waals surface area contributed by atoms with Crippen LogP contribution in [-0.2, 0) is 6.42 Å². The lowest BCUT2D eigenvalue weighted by Crippen LogP contribution is -2.21. The van der Waals surface area contributed by atoms with Gasteiger partial charge in [-0.2, -0.15) is 0 Å². The summed E-state index contributed by atoms with van der Waals surface area (Å²) in [6.45, 7) is 1.94. The number of hydrogen-bond acceptors (Lipinski definition) is 3. The fourth-order valence-electron chi connectivity index (χ4n) is 1.86. The second-order valence-corrected chi connectivity index (χ2v) is 3.49. The van der Waals surface area contributed by atoms with Gasteiger partial charge in [0.05, 0.1) is 0 Å². The van der Waals surface area contributed by atoms with Gasteiger partial charge in [-0.05, 0) is 12.3 Å². The number of carbonyl (C=O) groups excluding carboxylic acids is 2. The molecule has 1 aromatic rings. The van der Waals surface area contributed by atoms with E-state index in [1.807, 2.05) is 6.92 Å². The van der Waals surface area contributed by atoms with E-state index in [0.717, 1.165) is 11.1 Å². The molecule has 0 radical (unpaired) electrons. The van der Waals surface area contributed by atoms with Crippen LogP contribution in [0.5, 0.6) is 0 Å². The van der Waals surface area contributed by atoms with E-state index < -0.39 is 11.8 Å². The van der Waals surface area contributed by atoms with Crippen molar-refractivity contribution >= 4 is 11.8 Å². The number of carbonyl (C=O) groups is 2. The predicted molar refractivity (Wildman–Crippen MR) is 47.9 cm³/mol. The Labute approximate surface area is 80.0 Å². The Kier molecular flexibility index (Phi) is 1.64. The Bertz CT molecular complexity index is 434. The SMILES string of the molecule is CC1Cc2c(C(N)=O)oc(C(N)=O)c21. The maximum Gasteiger partial charge on any atom is 0.284 e. The fraction of sp³-hybridized carbons (Fsp3) is 0.333. The first-order valence-electron chi connectivity index (χ1n) is 4.27. The average Bonchev–Trinajstić information content (AvgIpc) is 2.37. The minimum absolute atomic E-state index is 0.0758. The molecule has 2 amide bonds. The van der Waals surface area contributed by atoms with Crippen LogP contribution in [0, 0.1) is 0 Å². The van der Waals surface area contributed by atoms with Crippen LogP contribution in [0.1, 0.15) is 45.1 Å². The second kappa shape index (κ2) is 2.60. The number of primary amides is 2. The van der Waals surface area contributed by atoms with Crippen molar-refractivity contribution in [3.05, 3.63) is 22.6 Å². The molecule has 4 N–H and O–H groups in total. The Morgan fingerprint density at radius 2 is 1.86 bits per heavy atom. The molecule has 14 heavy (non-hydrogen) atoms. The molecule has 0 spiro atoms. The summed E-state index contributed by atoms with van der Waals surface area (Å²) in [5, 5.41) is 0. The van der Waals surface area contributed by atoms with Gasteiger partial charge < -0.3 is 15.9 Å². The largest absolute Gasteiger partial charge is 0.445 e. The molecule has 74 valence electrons. The third-order valence-electron chi connectivity index (χ3n) is 2.50. The summed E-state index contributed by atoms with van der Waals surface area (Å²) in [6, 6.07) is 0. The Hall–Kier alpha value is -1.78. The van der Waals surface area contributed by atoms with E-state index in [1.165, 1.54) is 0 Å². The first-order chi connectivity index (χ1) is 6.52. The zero-order chi connectivity index (χ0) is 10.5. The first kappa shape index (κ1) is 8.80. The van der Waals surface area contributed by atoms with Gasteiger partial charge in [-0.1, -0.05) is 6.92 Å². The molecule has 5 heteroatoms. The van der Waals surface area contributed by atoms with Crippen molar-refractivity contribution in [3.63, 3.8) is 0 Å². The van der Waals surface area contributed by atoms with Crippen LogP contribution in [0.25, 0.3) is 0 Å². The summed E-state index contributed by atoms with van der Waals surface area (Å²) in [6.07, 6.45) is 0.713. The maximum absolute atomic E-state index is 11.0. The standard InChI is InChI=1S/C9H10N2O3/c1-3-2-4-5(3)7(9(11)13)14-6(4)8(10)12/h3H,2H2,1H3,(H2,10,12)(H2,11,13). The van der Waals surface area contributed by atoms with Gasteiger partial charge in [-0.25, -0.2) is 0 Å². The Morgan fingerprint density at radius 1 is 1.29 bits per heavy atom. The van der Waals surface area contributed by atoms with Gasteiger partial charge in [0.2, 0.25) is 0 Å². The lowest BCUT2D eigenvalue weighted by Gasteiger charge is -2.22. The predicted octanol–water partition coefficient (Wildman–Crippen LogP) is 0.137. The van der Waals surface area contributed by atoms with E-state index in [9.17, 15) is 9.59 Å². The quantitative estimate of drug-likeness (QED) is 0.700. The molecule has 0 saturated heterocycles. The highest BCUT2D eigenvalue weighted by Gasteiger charge is 2.36. The molecule has 0 aromatic carbocycles. The summed E-state index contributed by atoms with van der Waals surface area (Å²) < 4.78 is 5.05. The molecular formula is C9H10N2O3. The maximum atomic E-state index is 11.0. The third kappa shape index (κ3) is 0.951. The normalized spacial score (nSPS) is 18.5. The zero-order valence-electron chi connectivity index (χ0n) is 7.66. The van der Waals surface area contributed by atoms with Gasteiger partial charge in [-0.3, -0.25) is 9.59 Å². The lowest BCUT2D eigenvalue weighted by atomic mass is 9.79. The third-order valence-corrected chi connectivity index (χ3v) is 2.50. The molecule has 0 bridgehead atoms. The summed E-state index contributed by atoms with van der Waals surface area (Å²) in [4.78, 5) is 21.9. The van der Waals surface area contributed by atoms with Crippen LogP contribution in [0.3, 0.4) is 0 Å². The molecule has 1 aliphatic carbocycles. The number of hydrogen-bond donors (Lipinski definition) is 2. The number of rotatable bonds is 2. The van der Waals surface area contributed by atoms with Crippen LogP contribution in [0.2, 0.25) is 0 Å². The van der Waals surface area contributed by atoms with E-state index >= 15 is 0 Å². The Balaban J connectivity index is 2.59. The molecule has 0 aliphatic heterocycles. The monoisotopic (exact) mass is 194 g/mol. The first-order valence-corrected chi connectivity index (χ1v) is 4.27. The highest BCUT2D eigenvalue weighted by molar-refractivity contribution is 5.98. The van der Waals surface area contributed by atoms with Crippen LogP contribution in [0.15, 0.2) is 4.42 Å². The smallest absolute Gasteiger partial charge is 0.284 e. The van der Waals surface area contributed by atoms with Crippen LogP contribution < -0.4 is 11.5 Å². The molecule has 1 unspecified atom stereocenters. The van der Waals surface area contributed by atoms with Crippen molar-refractivity contribution in [3.8, 4) is 0 Å². The molecule has 0 saturated carbocycles. The average molecular weight is 194 g/mol. The van der Waals surface area contributed by atoms with Gasteiger partial charge >= 0.3 is 0 Å². The topological polar surface area (TPSA) is 99.3 Å². The highest BCUT2D eigenvalue weighted by atomic mass is 16.4. The molecule has 1 aliphatic rings. The van der Waals surface area contributed by atoms with Crippen LogP contribution >= 0.6 is 0 Å². The van der Waals surface area contributed by atoms with Crippen molar-refractivity contribution < 1.29 is 14.0 Å². The van der Waals surface area contributed by atoms with Crippen molar-refractivity contribution in [2.45, 2.75) is 19.3 Å².